The van der Waals surface area contributed by atoms with Crippen LogP contribution in [-0.2, 0) is 0 Å². The first-order chi connectivity index (χ1) is 10.1. The SMILES string of the molecule is CCC(NCC1CCCC1O)c1ccccc1OC(F)F. The van der Waals surface area contributed by atoms with Gasteiger partial charge in [0.05, 0.1) is 6.10 Å². The molecular weight excluding hydrogens is 276 g/mol. The molecule has 0 bridgehead atoms. The Morgan fingerprint density at radius 3 is 2.71 bits per heavy atom. The second-order valence-electron chi connectivity index (χ2n) is 5.54. The standard InChI is InChI=1S/C16H23F2NO2/c1-2-13(19-10-11-6-5-8-14(11)20)12-7-3-4-9-15(12)21-16(17)18/h3-4,7,9,11,13-14,16,19-20H,2,5-6,8,10H2,1H3. The number of aliphatic hydroxyl groups excluding tert-OH is 1. The van der Waals surface area contributed by atoms with E-state index < -0.39 is 6.61 Å². The average Bonchev–Trinajstić information content (AvgIpc) is 2.86. The van der Waals surface area contributed by atoms with Crippen molar-refractivity contribution in [3.8, 4) is 5.75 Å². The molecule has 0 spiro atoms. The van der Waals surface area contributed by atoms with E-state index in [9.17, 15) is 13.9 Å². The van der Waals surface area contributed by atoms with E-state index in [1.807, 2.05) is 19.1 Å². The second-order valence-corrected chi connectivity index (χ2v) is 5.54. The van der Waals surface area contributed by atoms with Gasteiger partial charge in [-0.2, -0.15) is 8.78 Å². The number of benzene rings is 1. The molecule has 3 atom stereocenters. The van der Waals surface area contributed by atoms with Crippen molar-refractivity contribution in [3.05, 3.63) is 29.8 Å². The monoisotopic (exact) mass is 299 g/mol. The summed E-state index contributed by atoms with van der Waals surface area (Å²) < 4.78 is 29.5. The number of nitrogens with one attached hydrogen (secondary N) is 1. The highest BCUT2D eigenvalue weighted by molar-refractivity contribution is 5.36. The maximum absolute atomic E-state index is 12.5. The molecular formula is C16H23F2NO2. The third-order valence-electron chi connectivity index (χ3n) is 4.16. The minimum Gasteiger partial charge on any atom is -0.434 e. The lowest BCUT2D eigenvalue weighted by Gasteiger charge is -2.23. The topological polar surface area (TPSA) is 41.5 Å². The number of hydrogen-bond donors (Lipinski definition) is 2. The fourth-order valence-corrected chi connectivity index (χ4v) is 2.99. The molecule has 0 heterocycles. The van der Waals surface area contributed by atoms with Gasteiger partial charge in [-0.1, -0.05) is 31.5 Å². The minimum atomic E-state index is -2.82. The lowest BCUT2D eigenvalue weighted by Crippen LogP contribution is -2.31. The van der Waals surface area contributed by atoms with Gasteiger partial charge >= 0.3 is 6.61 Å². The molecule has 0 radical (unpaired) electrons. The molecule has 0 aromatic heterocycles. The number of aliphatic hydroxyl groups is 1. The van der Waals surface area contributed by atoms with E-state index in [2.05, 4.69) is 10.1 Å². The average molecular weight is 299 g/mol. The highest BCUT2D eigenvalue weighted by atomic mass is 19.3. The van der Waals surface area contributed by atoms with Gasteiger partial charge in [0, 0.05) is 18.2 Å². The summed E-state index contributed by atoms with van der Waals surface area (Å²) in [6.45, 7) is -0.120. The Labute approximate surface area is 124 Å². The largest absolute Gasteiger partial charge is 0.434 e. The van der Waals surface area contributed by atoms with E-state index in [4.69, 9.17) is 0 Å². The summed E-state index contributed by atoms with van der Waals surface area (Å²) >= 11 is 0. The predicted molar refractivity (Wildman–Crippen MR) is 77.5 cm³/mol. The molecule has 3 nitrogen and oxygen atoms in total. The smallest absolute Gasteiger partial charge is 0.387 e. The Morgan fingerprint density at radius 2 is 2.10 bits per heavy atom. The number of alkyl halides is 2. The van der Waals surface area contributed by atoms with Crippen molar-refractivity contribution in [2.45, 2.75) is 51.4 Å². The summed E-state index contributed by atoms with van der Waals surface area (Å²) in [6, 6.07) is 6.84. The predicted octanol–water partition coefficient (Wildman–Crippen LogP) is 3.49. The molecule has 1 aromatic carbocycles. The van der Waals surface area contributed by atoms with Gasteiger partial charge in [-0.3, -0.25) is 0 Å². The zero-order valence-corrected chi connectivity index (χ0v) is 12.3. The first-order valence-corrected chi connectivity index (χ1v) is 7.57. The molecule has 2 rings (SSSR count). The van der Waals surface area contributed by atoms with Gasteiger partial charge < -0.3 is 15.2 Å². The highest BCUT2D eigenvalue weighted by Gasteiger charge is 2.26. The van der Waals surface area contributed by atoms with Crippen LogP contribution in [-0.4, -0.2) is 24.4 Å². The fraction of sp³-hybridized carbons (Fsp3) is 0.625. The van der Waals surface area contributed by atoms with Crippen LogP contribution in [0.15, 0.2) is 24.3 Å². The number of rotatable bonds is 7. The molecule has 2 N–H and O–H groups in total. The Balaban J connectivity index is 2.03. The van der Waals surface area contributed by atoms with Gasteiger partial charge in [-0.25, -0.2) is 0 Å². The lowest BCUT2D eigenvalue weighted by molar-refractivity contribution is -0.0507. The normalized spacial score (nSPS) is 23.5. The maximum atomic E-state index is 12.5. The van der Waals surface area contributed by atoms with Gasteiger partial charge in [0.2, 0.25) is 0 Å². The van der Waals surface area contributed by atoms with Crippen molar-refractivity contribution in [3.63, 3.8) is 0 Å². The summed E-state index contributed by atoms with van der Waals surface area (Å²) in [5.74, 6) is 0.473. The van der Waals surface area contributed by atoms with Crippen LogP contribution < -0.4 is 10.1 Å². The van der Waals surface area contributed by atoms with Crippen LogP contribution in [0.2, 0.25) is 0 Å². The van der Waals surface area contributed by atoms with E-state index in [0.29, 0.717) is 6.54 Å². The molecule has 1 saturated carbocycles. The molecule has 0 amide bonds. The summed E-state index contributed by atoms with van der Waals surface area (Å²) in [4.78, 5) is 0. The van der Waals surface area contributed by atoms with Crippen LogP contribution in [0.5, 0.6) is 5.75 Å². The number of para-hydroxylation sites is 1. The molecule has 1 aliphatic carbocycles. The molecule has 0 saturated heterocycles. The first-order valence-electron chi connectivity index (χ1n) is 7.57. The minimum absolute atomic E-state index is 0.0484. The molecule has 3 unspecified atom stereocenters. The van der Waals surface area contributed by atoms with Crippen molar-refractivity contribution in [1.29, 1.82) is 0 Å². The zero-order valence-electron chi connectivity index (χ0n) is 12.3. The van der Waals surface area contributed by atoms with Gasteiger partial charge in [-0.05, 0) is 31.2 Å². The van der Waals surface area contributed by atoms with Crippen molar-refractivity contribution in [2.75, 3.05) is 6.54 Å². The van der Waals surface area contributed by atoms with Crippen molar-refractivity contribution in [2.24, 2.45) is 5.92 Å². The lowest BCUT2D eigenvalue weighted by atomic mass is 10.0. The molecule has 1 fully saturated rings. The maximum Gasteiger partial charge on any atom is 0.387 e. The third-order valence-corrected chi connectivity index (χ3v) is 4.16. The second kappa shape index (κ2) is 7.71. The van der Waals surface area contributed by atoms with Crippen LogP contribution in [0.1, 0.15) is 44.2 Å². The Bertz CT molecular complexity index is 442. The Morgan fingerprint density at radius 1 is 1.33 bits per heavy atom. The van der Waals surface area contributed by atoms with E-state index in [1.54, 1.807) is 12.1 Å². The first kappa shape index (κ1) is 16.2. The van der Waals surface area contributed by atoms with Crippen LogP contribution in [0.25, 0.3) is 0 Å². The van der Waals surface area contributed by atoms with E-state index in [1.165, 1.54) is 0 Å². The number of halogens is 2. The summed E-state index contributed by atoms with van der Waals surface area (Å²) in [5.41, 5.74) is 0.743. The highest BCUT2D eigenvalue weighted by Crippen LogP contribution is 2.30. The van der Waals surface area contributed by atoms with Crippen LogP contribution in [0.4, 0.5) is 8.78 Å². The molecule has 5 heteroatoms. The van der Waals surface area contributed by atoms with Gasteiger partial charge in [0.25, 0.3) is 0 Å². The Kier molecular flexibility index (Phi) is 5.94. The molecule has 1 aromatic rings. The summed E-state index contributed by atoms with van der Waals surface area (Å²) in [6.07, 6.45) is 3.44. The fourth-order valence-electron chi connectivity index (χ4n) is 2.99. The molecule has 118 valence electrons. The van der Waals surface area contributed by atoms with Gasteiger partial charge in [0.1, 0.15) is 5.75 Å². The Hall–Kier alpha value is -1.20. The third kappa shape index (κ3) is 4.38. The molecule has 0 aliphatic heterocycles. The van der Waals surface area contributed by atoms with Crippen LogP contribution in [0, 0.1) is 5.92 Å². The van der Waals surface area contributed by atoms with Crippen molar-refractivity contribution >= 4 is 0 Å². The number of hydrogen-bond acceptors (Lipinski definition) is 3. The summed E-state index contributed by atoms with van der Waals surface area (Å²) in [5, 5.41) is 13.2. The zero-order chi connectivity index (χ0) is 15.2. The molecule has 1 aliphatic rings. The van der Waals surface area contributed by atoms with Crippen molar-refractivity contribution < 1.29 is 18.6 Å². The van der Waals surface area contributed by atoms with Crippen LogP contribution in [0.3, 0.4) is 0 Å². The van der Waals surface area contributed by atoms with E-state index in [-0.39, 0.29) is 23.8 Å². The molecule has 21 heavy (non-hydrogen) atoms. The van der Waals surface area contributed by atoms with E-state index >= 15 is 0 Å². The van der Waals surface area contributed by atoms with E-state index in [0.717, 1.165) is 31.2 Å². The van der Waals surface area contributed by atoms with Crippen LogP contribution >= 0.6 is 0 Å². The van der Waals surface area contributed by atoms with Gasteiger partial charge in [0.15, 0.2) is 0 Å². The van der Waals surface area contributed by atoms with Crippen molar-refractivity contribution in [1.82, 2.24) is 5.32 Å². The quantitative estimate of drug-likeness (QED) is 0.810. The summed E-state index contributed by atoms with van der Waals surface area (Å²) in [7, 11) is 0. The van der Waals surface area contributed by atoms with Gasteiger partial charge in [-0.15, -0.1) is 0 Å². The number of ether oxygens (including phenoxy) is 1.